The smallest absolute Gasteiger partial charge is 0.188 e. The Labute approximate surface area is 181 Å². The molecule has 0 aliphatic carbocycles. The number of hydrogen-bond donors (Lipinski definition) is 0. The number of ether oxygens (including phenoxy) is 4. The largest absolute Gasteiger partial charge is 0.468 e. The predicted molar refractivity (Wildman–Crippen MR) is 116 cm³/mol. The van der Waals surface area contributed by atoms with Crippen LogP contribution in [0.1, 0.15) is 11.1 Å². The maximum Gasteiger partial charge on any atom is 0.188 e. The summed E-state index contributed by atoms with van der Waals surface area (Å²) in [6.45, 7) is 0.361. The van der Waals surface area contributed by atoms with Gasteiger partial charge in [-0.15, -0.1) is 0 Å². The lowest BCUT2D eigenvalue weighted by atomic mass is 10.1. The van der Waals surface area contributed by atoms with Gasteiger partial charge >= 0.3 is 0 Å². The molecule has 0 aliphatic heterocycles. The Morgan fingerprint density at radius 2 is 1.25 bits per heavy atom. The third-order valence-corrected chi connectivity index (χ3v) is 4.86. The second-order valence-electron chi connectivity index (χ2n) is 5.54. The summed E-state index contributed by atoms with van der Waals surface area (Å²) in [6, 6.07) is 11.0. The minimum absolute atomic E-state index is 0.127. The van der Waals surface area contributed by atoms with E-state index in [1.54, 1.807) is 26.4 Å². The highest BCUT2D eigenvalue weighted by molar-refractivity contribution is 9.10. The van der Waals surface area contributed by atoms with Crippen LogP contribution in [-0.2, 0) is 14.3 Å². The molecule has 28 heavy (non-hydrogen) atoms. The van der Waals surface area contributed by atoms with Crippen LogP contribution in [0.15, 0.2) is 57.5 Å². The molecule has 0 saturated carbocycles. The van der Waals surface area contributed by atoms with Crippen molar-refractivity contribution >= 4 is 49.8 Å². The Balaban J connectivity index is 1.99. The van der Waals surface area contributed by atoms with Gasteiger partial charge in [-0.3, -0.25) is 4.79 Å². The van der Waals surface area contributed by atoms with Crippen molar-refractivity contribution in [3.05, 3.63) is 68.6 Å². The van der Waals surface area contributed by atoms with Gasteiger partial charge in [0.1, 0.15) is 11.5 Å². The van der Waals surface area contributed by atoms with Crippen molar-refractivity contribution < 1.29 is 23.7 Å². The lowest BCUT2D eigenvalue weighted by Crippen LogP contribution is -1.98. The summed E-state index contributed by atoms with van der Waals surface area (Å²) in [4.78, 5) is 12.1. The minimum Gasteiger partial charge on any atom is -0.468 e. The molecule has 0 spiro atoms. The monoisotopic (exact) mass is 510 g/mol. The van der Waals surface area contributed by atoms with Gasteiger partial charge < -0.3 is 18.9 Å². The Morgan fingerprint density at radius 1 is 0.821 bits per heavy atom. The zero-order valence-electron chi connectivity index (χ0n) is 15.5. The van der Waals surface area contributed by atoms with E-state index in [9.17, 15) is 4.79 Å². The lowest BCUT2D eigenvalue weighted by Gasteiger charge is -2.06. The normalized spacial score (nSPS) is 11.3. The average Bonchev–Trinajstić information content (AvgIpc) is 2.69. The number of carbonyl (C=O) groups excluding carboxylic acids is 1. The number of ketones is 1. The van der Waals surface area contributed by atoms with Gasteiger partial charge in [0, 0.05) is 23.2 Å². The molecule has 5 nitrogen and oxygen atoms in total. The van der Waals surface area contributed by atoms with E-state index in [0.717, 1.165) is 20.1 Å². The molecule has 0 saturated heterocycles. The first-order chi connectivity index (χ1) is 13.5. The van der Waals surface area contributed by atoms with Gasteiger partial charge in [-0.1, -0.05) is 44.0 Å². The quantitative estimate of drug-likeness (QED) is 0.312. The van der Waals surface area contributed by atoms with Crippen molar-refractivity contribution in [3.63, 3.8) is 0 Å². The van der Waals surface area contributed by atoms with E-state index >= 15 is 0 Å². The van der Waals surface area contributed by atoms with E-state index < -0.39 is 0 Å². The van der Waals surface area contributed by atoms with Gasteiger partial charge in [0.15, 0.2) is 19.4 Å². The summed E-state index contributed by atoms with van der Waals surface area (Å²) in [5.41, 5.74) is 1.74. The fraction of sp³-hybridized carbons (Fsp3) is 0.190. The third kappa shape index (κ3) is 7.24. The molecule has 7 heteroatoms. The van der Waals surface area contributed by atoms with E-state index in [4.69, 9.17) is 18.9 Å². The minimum atomic E-state index is -0.127. The highest BCUT2D eigenvalue weighted by Crippen LogP contribution is 2.25. The average molecular weight is 512 g/mol. The molecule has 2 aromatic rings. The van der Waals surface area contributed by atoms with Crippen LogP contribution in [0, 0.1) is 0 Å². The van der Waals surface area contributed by atoms with Crippen molar-refractivity contribution in [2.45, 2.75) is 0 Å². The zero-order chi connectivity index (χ0) is 20.4. The topological polar surface area (TPSA) is 54.0 Å². The van der Waals surface area contributed by atoms with Gasteiger partial charge in [-0.05, 0) is 59.7 Å². The Morgan fingerprint density at radius 3 is 1.61 bits per heavy atom. The summed E-state index contributed by atoms with van der Waals surface area (Å²) in [5.74, 6) is 1.23. The fourth-order valence-electron chi connectivity index (χ4n) is 2.12. The zero-order valence-corrected chi connectivity index (χ0v) is 18.7. The van der Waals surface area contributed by atoms with Crippen molar-refractivity contribution in [2.24, 2.45) is 0 Å². The number of carbonyl (C=O) groups is 1. The van der Waals surface area contributed by atoms with Crippen LogP contribution in [0.2, 0.25) is 0 Å². The second-order valence-corrected chi connectivity index (χ2v) is 7.25. The van der Waals surface area contributed by atoms with Gasteiger partial charge in [0.25, 0.3) is 0 Å². The van der Waals surface area contributed by atoms with Gasteiger partial charge in [0.2, 0.25) is 0 Å². The van der Waals surface area contributed by atoms with Crippen LogP contribution in [0.5, 0.6) is 11.5 Å². The maximum atomic E-state index is 12.1. The van der Waals surface area contributed by atoms with E-state index in [0.29, 0.717) is 11.5 Å². The van der Waals surface area contributed by atoms with Crippen LogP contribution in [0.25, 0.3) is 12.2 Å². The first-order valence-electron chi connectivity index (χ1n) is 8.26. The Hall–Kier alpha value is -1.93. The molecule has 0 aliphatic rings. The Bertz CT molecular complexity index is 792. The molecule has 2 aromatic carbocycles. The highest BCUT2D eigenvalue weighted by Gasteiger charge is 2.02. The highest BCUT2D eigenvalue weighted by atomic mass is 79.9. The first-order valence-corrected chi connectivity index (χ1v) is 9.84. The van der Waals surface area contributed by atoms with Crippen molar-refractivity contribution in [2.75, 3.05) is 27.8 Å². The predicted octanol–water partition coefficient (Wildman–Crippen LogP) is 5.47. The molecule has 0 fully saturated rings. The lowest BCUT2D eigenvalue weighted by molar-refractivity contribution is -0.110. The van der Waals surface area contributed by atoms with Gasteiger partial charge in [-0.2, -0.15) is 0 Å². The molecule has 0 atom stereocenters. The number of rotatable bonds is 10. The Kier molecular flexibility index (Phi) is 9.43. The third-order valence-electron chi connectivity index (χ3n) is 3.49. The second kappa shape index (κ2) is 11.8. The van der Waals surface area contributed by atoms with E-state index in [2.05, 4.69) is 31.9 Å². The molecule has 0 amide bonds. The van der Waals surface area contributed by atoms with E-state index in [-0.39, 0.29) is 19.4 Å². The van der Waals surface area contributed by atoms with Crippen LogP contribution in [0.3, 0.4) is 0 Å². The van der Waals surface area contributed by atoms with E-state index in [1.807, 2.05) is 36.4 Å². The van der Waals surface area contributed by atoms with Crippen LogP contribution in [0.4, 0.5) is 0 Å². The molecular formula is C21H20Br2O5. The summed E-state index contributed by atoms with van der Waals surface area (Å²) < 4.78 is 22.1. The molecule has 0 bridgehead atoms. The first kappa shape index (κ1) is 22.4. The van der Waals surface area contributed by atoms with Crippen molar-refractivity contribution in [1.29, 1.82) is 0 Å². The number of methoxy groups -OCH3 is 2. The van der Waals surface area contributed by atoms with Crippen LogP contribution in [-0.4, -0.2) is 33.6 Å². The molecular weight excluding hydrogens is 492 g/mol. The van der Waals surface area contributed by atoms with Gasteiger partial charge in [0.05, 0.1) is 0 Å². The molecule has 0 unspecified atom stereocenters. The molecule has 2 rings (SSSR count). The molecule has 148 valence electrons. The van der Waals surface area contributed by atoms with Crippen molar-refractivity contribution in [1.82, 2.24) is 0 Å². The SMILES string of the molecule is COCOc1ccc(/C=C/C(=O)/C=C/c2ccc(OCOC)cc2Br)c(Br)c1. The molecule has 0 heterocycles. The molecule has 0 radical (unpaired) electrons. The number of benzene rings is 2. The number of halogens is 2. The standard InChI is InChI=1S/C21H20Br2O5/c1-25-13-27-18-9-5-15(20(22)11-18)3-7-17(24)8-4-16-6-10-19(12-21(16)23)28-14-26-2/h3-12H,13-14H2,1-2H3/b7-3+,8-4+. The van der Waals surface area contributed by atoms with Crippen molar-refractivity contribution in [3.8, 4) is 11.5 Å². The molecule has 0 N–H and O–H groups in total. The summed E-state index contributed by atoms with van der Waals surface area (Å²) in [6.07, 6.45) is 6.51. The van der Waals surface area contributed by atoms with Gasteiger partial charge in [-0.25, -0.2) is 0 Å². The number of allylic oxidation sites excluding steroid dienone is 2. The fourth-order valence-corrected chi connectivity index (χ4v) is 3.10. The summed E-state index contributed by atoms with van der Waals surface area (Å²) >= 11 is 6.94. The van der Waals surface area contributed by atoms with Crippen LogP contribution < -0.4 is 9.47 Å². The summed E-state index contributed by atoms with van der Waals surface area (Å²) in [7, 11) is 3.13. The van der Waals surface area contributed by atoms with Crippen LogP contribution >= 0.6 is 31.9 Å². The maximum absolute atomic E-state index is 12.1. The molecule has 0 aromatic heterocycles. The van der Waals surface area contributed by atoms with E-state index in [1.165, 1.54) is 12.2 Å². The summed E-state index contributed by atoms with van der Waals surface area (Å²) in [5, 5.41) is 0. The number of hydrogen-bond acceptors (Lipinski definition) is 5.